The van der Waals surface area contributed by atoms with E-state index >= 15 is 0 Å². The summed E-state index contributed by atoms with van der Waals surface area (Å²) in [6, 6.07) is 6.51. The van der Waals surface area contributed by atoms with E-state index in [-0.39, 0.29) is 12.3 Å². The first-order valence-corrected chi connectivity index (χ1v) is 7.04. The topological polar surface area (TPSA) is 53.1 Å². The van der Waals surface area contributed by atoms with Crippen LogP contribution < -0.4 is 0 Å². The van der Waals surface area contributed by atoms with Crippen molar-refractivity contribution in [1.29, 1.82) is 0 Å². The fourth-order valence-electron chi connectivity index (χ4n) is 3.28. The number of fused-ring (bicyclic) bond motifs is 3. The molecule has 3 nitrogen and oxygen atoms in total. The number of carbonyl (C=O) groups is 1. The third-order valence-electron chi connectivity index (χ3n) is 4.20. The third-order valence-corrected chi connectivity index (χ3v) is 4.20. The molecule has 1 aliphatic carbocycles. The molecule has 0 aliphatic heterocycles. The molecule has 1 unspecified atom stereocenters. The Bertz CT molecular complexity index is 627. The fourth-order valence-corrected chi connectivity index (χ4v) is 3.28. The zero-order valence-corrected chi connectivity index (χ0v) is 11.2. The Morgan fingerprint density at radius 2 is 2.32 bits per heavy atom. The van der Waals surface area contributed by atoms with Crippen LogP contribution in [0, 0.1) is 0 Å². The minimum absolute atomic E-state index is 0.169. The Morgan fingerprint density at radius 1 is 1.47 bits per heavy atom. The summed E-state index contributed by atoms with van der Waals surface area (Å²) >= 11 is 0. The van der Waals surface area contributed by atoms with E-state index in [0.29, 0.717) is 0 Å². The van der Waals surface area contributed by atoms with Gasteiger partial charge in [-0.05, 0) is 54.9 Å². The standard InChI is InChI=1S/C16H19NO2/c1-2-10-6-7-13-12(8-10)16-11(9-15(18)19)4-3-5-14(16)17-13/h6-8,11,17H,2-5,9H2,1H3,(H,18,19). The summed E-state index contributed by atoms with van der Waals surface area (Å²) in [5, 5.41) is 10.3. The summed E-state index contributed by atoms with van der Waals surface area (Å²) in [7, 11) is 0. The molecule has 0 bridgehead atoms. The highest BCUT2D eigenvalue weighted by atomic mass is 16.4. The number of carboxylic acids is 1. The normalized spacial score (nSPS) is 18.5. The number of aryl methyl sites for hydroxylation is 2. The summed E-state index contributed by atoms with van der Waals surface area (Å²) in [5.74, 6) is -0.527. The molecule has 0 saturated heterocycles. The van der Waals surface area contributed by atoms with E-state index in [4.69, 9.17) is 5.11 Å². The van der Waals surface area contributed by atoms with E-state index in [1.165, 1.54) is 22.2 Å². The molecular weight excluding hydrogens is 238 g/mol. The van der Waals surface area contributed by atoms with Crippen LogP contribution in [0.25, 0.3) is 10.9 Å². The molecule has 1 aromatic heterocycles. The molecular formula is C16H19NO2. The fraction of sp³-hybridized carbons (Fsp3) is 0.438. The SMILES string of the molecule is CCc1ccc2[nH]c3c(c2c1)C(CC(=O)O)CCC3. The zero-order valence-electron chi connectivity index (χ0n) is 11.2. The van der Waals surface area contributed by atoms with Gasteiger partial charge in [-0.2, -0.15) is 0 Å². The average Bonchev–Trinajstić information content (AvgIpc) is 2.76. The van der Waals surface area contributed by atoms with Crippen LogP contribution >= 0.6 is 0 Å². The minimum atomic E-state index is -0.696. The van der Waals surface area contributed by atoms with Crippen LogP contribution in [0.1, 0.15) is 48.9 Å². The number of nitrogens with one attached hydrogen (secondary N) is 1. The second-order valence-electron chi connectivity index (χ2n) is 5.44. The molecule has 0 amide bonds. The second kappa shape index (κ2) is 4.72. The Balaban J connectivity index is 2.14. The molecule has 19 heavy (non-hydrogen) atoms. The first kappa shape index (κ1) is 12.3. The first-order chi connectivity index (χ1) is 9.19. The Hall–Kier alpha value is -1.77. The molecule has 0 radical (unpaired) electrons. The lowest BCUT2D eigenvalue weighted by atomic mass is 9.83. The van der Waals surface area contributed by atoms with E-state index in [1.54, 1.807) is 0 Å². The minimum Gasteiger partial charge on any atom is -0.481 e. The predicted molar refractivity (Wildman–Crippen MR) is 75.6 cm³/mol. The molecule has 1 aliphatic rings. The molecule has 2 aromatic rings. The highest BCUT2D eigenvalue weighted by molar-refractivity contribution is 5.87. The van der Waals surface area contributed by atoms with Crippen molar-refractivity contribution in [1.82, 2.24) is 4.98 Å². The summed E-state index contributed by atoms with van der Waals surface area (Å²) in [6.07, 6.45) is 4.37. The number of rotatable bonds is 3. The van der Waals surface area contributed by atoms with Gasteiger partial charge in [-0.25, -0.2) is 0 Å². The van der Waals surface area contributed by atoms with Crippen molar-refractivity contribution < 1.29 is 9.90 Å². The van der Waals surface area contributed by atoms with Gasteiger partial charge in [0.2, 0.25) is 0 Å². The Morgan fingerprint density at radius 3 is 3.05 bits per heavy atom. The van der Waals surface area contributed by atoms with Crippen molar-refractivity contribution >= 4 is 16.9 Å². The molecule has 3 rings (SSSR count). The summed E-state index contributed by atoms with van der Waals surface area (Å²) in [4.78, 5) is 14.5. The van der Waals surface area contributed by atoms with Crippen molar-refractivity contribution in [3.05, 3.63) is 35.0 Å². The zero-order chi connectivity index (χ0) is 13.4. The van der Waals surface area contributed by atoms with Crippen molar-refractivity contribution in [3.8, 4) is 0 Å². The van der Waals surface area contributed by atoms with Gasteiger partial charge in [0, 0.05) is 16.6 Å². The number of hydrogen-bond donors (Lipinski definition) is 2. The molecule has 1 heterocycles. The van der Waals surface area contributed by atoms with Crippen LogP contribution in [0.15, 0.2) is 18.2 Å². The molecule has 3 heteroatoms. The molecule has 100 valence electrons. The van der Waals surface area contributed by atoms with Gasteiger partial charge in [-0.3, -0.25) is 4.79 Å². The first-order valence-electron chi connectivity index (χ1n) is 7.04. The lowest BCUT2D eigenvalue weighted by molar-refractivity contribution is -0.137. The molecule has 2 N–H and O–H groups in total. The maximum Gasteiger partial charge on any atom is 0.303 e. The highest BCUT2D eigenvalue weighted by Gasteiger charge is 2.26. The highest BCUT2D eigenvalue weighted by Crippen LogP contribution is 2.39. The van der Waals surface area contributed by atoms with Gasteiger partial charge in [0.15, 0.2) is 0 Å². The molecule has 0 fully saturated rings. The summed E-state index contributed by atoms with van der Waals surface area (Å²) < 4.78 is 0. The Kier molecular flexibility index (Phi) is 3.05. The van der Waals surface area contributed by atoms with E-state index in [2.05, 4.69) is 30.1 Å². The molecule has 1 atom stereocenters. The largest absolute Gasteiger partial charge is 0.481 e. The number of aliphatic carboxylic acids is 1. The smallest absolute Gasteiger partial charge is 0.303 e. The number of aromatic nitrogens is 1. The number of H-pyrrole nitrogens is 1. The van der Waals surface area contributed by atoms with Crippen molar-refractivity contribution in [2.24, 2.45) is 0 Å². The van der Waals surface area contributed by atoms with Crippen LogP contribution in [0.4, 0.5) is 0 Å². The van der Waals surface area contributed by atoms with Crippen LogP contribution in [-0.2, 0) is 17.6 Å². The maximum absolute atomic E-state index is 11.0. The molecule has 1 aromatic carbocycles. The van der Waals surface area contributed by atoms with Gasteiger partial charge in [0.25, 0.3) is 0 Å². The van der Waals surface area contributed by atoms with Crippen molar-refractivity contribution in [2.75, 3.05) is 0 Å². The number of carboxylic acid groups (broad SMARTS) is 1. The third kappa shape index (κ3) is 2.14. The second-order valence-corrected chi connectivity index (χ2v) is 5.44. The van der Waals surface area contributed by atoms with Crippen LogP contribution in [0.3, 0.4) is 0 Å². The quantitative estimate of drug-likeness (QED) is 0.882. The van der Waals surface area contributed by atoms with Gasteiger partial charge in [0.1, 0.15) is 0 Å². The maximum atomic E-state index is 11.0. The van der Waals surface area contributed by atoms with Crippen LogP contribution in [-0.4, -0.2) is 16.1 Å². The van der Waals surface area contributed by atoms with E-state index in [9.17, 15) is 4.79 Å². The van der Waals surface area contributed by atoms with Gasteiger partial charge >= 0.3 is 5.97 Å². The lowest BCUT2D eigenvalue weighted by Gasteiger charge is -2.21. The average molecular weight is 257 g/mol. The predicted octanol–water partition coefficient (Wildman–Crippen LogP) is 3.62. The summed E-state index contributed by atoms with van der Waals surface area (Å²) in [6.45, 7) is 2.15. The monoisotopic (exact) mass is 257 g/mol. The lowest BCUT2D eigenvalue weighted by Crippen LogP contribution is -2.12. The summed E-state index contributed by atoms with van der Waals surface area (Å²) in [5.41, 5.74) is 4.98. The van der Waals surface area contributed by atoms with Crippen molar-refractivity contribution in [2.45, 2.75) is 44.9 Å². The Labute approximate surface area is 112 Å². The molecule has 0 spiro atoms. The van der Waals surface area contributed by atoms with Gasteiger partial charge in [0.05, 0.1) is 6.42 Å². The number of aromatic amines is 1. The van der Waals surface area contributed by atoms with E-state index in [1.807, 2.05) is 0 Å². The van der Waals surface area contributed by atoms with E-state index in [0.717, 1.165) is 31.2 Å². The van der Waals surface area contributed by atoms with E-state index < -0.39 is 5.97 Å². The van der Waals surface area contributed by atoms with Crippen LogP contribution in [0.2, 0.25) is 0 Å². The van der Waals surface area contributed by atoms with Crippen LogP contribution in [0.5, 0.6) is 0 Å². The number of benzene rings is 1. The number of hydrogen-bond acceptors (Lipinski definition) is 1. The van der Waals surface area contributed by atoms with Gasteiger partial charge in [-0.15, -0.1) is 0 Å². The van der Waals surface area contributed by atoms with Gasteiger partial charge in [-0.1, -0.05) is 13.0 Å². The molecule has 0 saturated carbocycles. The van der Waals surface area contributed by atoms with Crippen molar-refractivity contribution in [3.63, 3.8) is 0 Å². The van der Waals surface area contributed by atoms with Gasteiger partial charge < -0.3 is 10.1 Å².